The third kappa shape index (κ3) is 3.07. The summed E-state index contributed by atoms with van der Waals surface area (Å²) in [5.74, 6) is 1.15. The second-order valence-electron chi connectivity index (χ2n) is 6.17. The van der Waals surface area contributed by atoms with Gasteiger partial charge in [0.15, 0.2) is 6.19 Å². The number of benzene rings is 1. The van der Waals surface area contributed by atoms with Crippen molar-refractivity contribution < 1.29 is 0 Å². The van der Waals surface area contributed by atoms with Crippen molar-refractivity contribution in [3.05, 3.63) is 36.4 Å². The van der Waals surface area contributed by atoms with Crippen molar-refractivity contribution in [3.63, 3.8) is 0 Å². The fourth-order valence-electron chi connectivity index (χ4n) is 3.18. The summed E-state index contributed by atoms with van der Waals surface area (Å²) in [6, 6.07) is 12.8. The summed E-state index contributed by atoms with van der Waals surface area (Å²) in [7, 11) is 0. The number of hydrogen-bond acceptors (Lipinski definition) is 6. The summed E-state index contributed by atoms with van der Waals surface area (Å²) in [6.45, 7) is 3.62. The highest BCUT2D eigenvalue weighted by Gasteiger charge is 2.25. The topological polar surface area (TPSA) is 60.1 Å². The Hall–Kier alpha value is -2.17. The molecule has 0 radical (unpaired) electrons. The van der Waals surface area contributed by atoms with E-state index in [4.69, 9.17) is 10.4 Å². The minimum atomic E-state index is 0.363. The predicted molar refractivity (Wildman–Crippen MR) is 95.9 cm³/mol. The fraction of sp³-hybridized carbons (Fsp3) is 0.412. The van der Waals surface area contributed by atoms with E-state index in [2.05, 4.69) is 38.1 Å². The van der Waals surface area contributed by atoms with Gasteiger partial charge in [0, 0.05) is 56.0 Å². The molecule has 1 aromatic carbocycles. The van der Waals surface area contributed by atoms with Crippen molar-refractivity contribution in [2.24, 2.45) is 0 Å². The number of rotatable bonds is 4. The molecule has 24 heavy (non-hydrogen) atoms. The van der Waals surface area contributed by atoms with E-state index in [0.717, 1.165) is 56.1 Å². The highest BCUT2D eigenvalue weighted by Crippen LogP contribution is 2.31. The molecule has 3 heterocycles. The zero-order chi connectivity index (χ0) is 16.4. The van der Waals surface area contributed by atoms with Gasteiger partial charge in [-0.25, -0.2) is 9.40 Å². The quantitative estimate of drug-likeness (QED) is 0.681. The second-order valence-corrected chi connectivity index (χ2v) is 7.03. The number of likely N-dealkylation sites (tertiary alicyclic amines) is 1. The molecule has 0 bridgehead atoms. The zero-order valence-electron chi connectivity index (χ0n) is 13.4. The van der Waals surface area contributed by atoms with Gasteiger partial charge in [0.1, 0.15) is 5.82 Å². The summed E-state index contributed by atoms with van der Waals surface area (Å²) in [4.78, 5) is 1.81. The van der Waals surface area contributed by atoms with Gasteiger partial charge in [0.25, 0.3) is 0 Å². The number of aromatic nitrogens is 2. The van der Waals surface area contributed by atoms with Gasteiger partial charge in [0.05, 0.1) is 5.69 Å². The fourth-order valence-corrected chi connectivity index (χ4v) is 4.11. The van der Waals surface area contributed by atoms with Crippen LogP contribution in [0.4, 0.5) is 5.82 Å². The van der Waals surface area contributed by atoms with E-state index in [1.165, 1.54) is 0 Å². The lowest BCUT2D eigenvalue weighted by Gasteiger charge is -2.28. The Morgan fingerprint density at radius 2 is 2.08 bits per heavy atom. The molecule has 2 aliphatic heterocycles. The smallest absolute Gasteiger partial charge is 0.179 e. The monoisotopic (exact) mass is 340 g/mol. The lowest BCUT2D eigenvalue weighted by atomic mass is 10.1. The van der Waals surface area contributed by atoms with E-state index < -0.39 is 0 Å². The molecular weight excluding hydrogens is 320 g/mol. The van der Waals surface area contributed by atoms with Crippen LogP contribution in [0.15, 0.2) is 36.4 Å². The van der Waals surface area contributed by atoms with Gasteiger partial charge in [-0.1, -0.05) is 30.3 Å². The minimum absolute atomic E-state index is 0.363. The summed E-state index contributed by atoms with van der Waals surface area (Å²) in [6.07, 6.45) is 4.33. The molecule has 0 amide bonds. The highest BCUT2D eigenvalue weighted by atomic mass is 32.2. The van der Waals surface area contributed by atoms with E-state index in [0.29, 0.717) is 6.04 Å². The summed E-state index contributed by atoms with van der Waals surface area (Å²) >= 11 is 1.64. The lowest BCUT2D eigenvalue weighted by molar-refractivity contribution is 0.474. The molecule has 1 atom stereocenters. The highest BCUT2D eigenvalue weighted by molar-refractivity contribution is 7.98. The van der Waals surface area contributed by atoms with E-state index >= 15 is 0 Å². The van der Waals surface area contributed by atoms with Crippen LogP contribution in [-0.4, -0.2) is 40.4 Å². The standard InChI is InChI=1S/C17H20N6S/c18-13-21-10-7-15(12-21)20-24-23-9-4-8-22-17(23)11-16(19-22)14-5-2-1-3-6-14/h1-3,5-6,11,15,20H,4,7-10,12H2. The molecule has 6 nitrogen and oxygen atoms in total. The first-order valence-corrected chi connectivity index (χ1v) is 9.09. The molecule has 2 aliphatic rings. The molecule has 7 heteroatoms. The molecule has 0 aliphatic carbocycles. The maximum atomic E-state index is 8.96. The number of hydrogen-bond donors (Lipinski definition) is 1. The van der Waals surface area contributed by atoms with Crippen LogP contribution in [0, 0.1) is 11.5 Å². The molecule has 1 fully saturated rings. The number of nitrogens with zero attached hydrogens (tertiary/aromatic N) is 5. The van der Waals surface area contributed by atoms with Crippen molar-refractivity contribution in [2.45, 2.75) is 25.4 Å². The Morgan fingerprint density at radius 3 is 2.88 bits per heavy atom. The normalized spacial score (nSPS) is 20.0. The largest absolute Gasteiger partial charge is 0.309 e. The Labute approximate surface area is 146 Å². The van der Waals surface area contributed by atoms with Crippen molar-refractivity contribution in [2.75, 3.05) is 23.9 Å². The van der Waals surface area contributed by atoms with Gasteiger partial charge >= 0.3 is 0 Å². The molecular formula is C17H20N6S. The van der Waals surface area contributed by atoms with Crippen molar-refractivity contribution in [1.29, 1.82) is 5.26 Å². The molecule has 1 unspecified atom stereocenters. The predicted octanol–water partition coefficient (Wildman–Crippen LogP) is 2.47. The zero-order valence-corrected chi connectivity index (χ0v) is 14.2. The average molecular weight is 340 g/mol. The molecule has 1 N–H and O–H groups in total. The van der Waals surface area contributed by atoms with Crippen LogP contribution < -0.4 is 9.03 Å². The first kappa shape index (κ1) is 15.4. The third-order valence-electron chi connectivity index (χ3n) is 4.47. The Balaban J connectivity index is 1.46. The average Bonchev–Trinajstić information content (AvgIpc) is 3.27. The van der Waals surface area contributed by atoms with E-state index in [1.807, 2.05) is 23.1 Å². The second kappa shape index (κ2) is 6.75. The Morgan fingerprint density at radius 1 is 1.21 bits per heavy atom. The molecule has 4 rings (SSSR count). The van der Waals surface area contributed by atoms with Crippen LogP contribution in [0.5, 0.6) is 0 Å². The van der Waals surface area contributed by atoms with Crippen LogP contribution in [0.1, 0.15) is 12.8 Å². The third-order valence-corrected chi connectivity index (χ3v) is 5.50. The molecule has 124 valence electrons. The number of nitriles is 1. The molecule has 1 aromatic heterocycles. The maximum Gasteiger partial charge on any atom is 0.179 e. The van der Waals surface area contributed by atoms with Crippen LogP contribution in [0.25, 0.3) is 11.3 Å². The molecule has 0 saturated carbocycles. The van der Waals surface area contributed by atoms with Gasteiger partial charge in [0.2, 0.25) is 0 Å². The Kier molecular flexibility index (Phi) is 4.32. The van der Waals surface area contributed by atoms with Gasteiger partial charge in [-0.15, -0.1) is 0 Å². The van der Waals surface area contributed by atoms with E-state index in [-0.39, 0.29) is 0 Å². The summed E-state index contributed by atoms with van der Waals surface area (Å²) in [5.41, 5.74) is 2.17. The van der Waals surface area contributed by atoms with Crippen LogP contribution >= 0.6 is 12.1 Å². The maximum absolute atomic E-state index is 8.96. The summed E-state index contributed by atoms with van der Waals surface area (Å²) in [5, 5.41) is 13.7. The van der Waals surface area contributed by atoms with Crippen LogP contribution in [0.3, 0.4) is 0 Å². The van der Waals surface area contributed by atoms with Crippen LogP contribution in [-0.2, 0) is 6.54 Å². The van der Waals surface area contributed by atoms with Gasteiger partial charge in [-0.2, -0.15) is 10.4 Å². The number of anilines is 1. The van der Waals surface area contributed by atoms with Crippen molar-refractivity contribution in [1.82, 2.24) is 19.4 Å². The van der Waals surface area contributed by atoms with Crippen LogP contribution in [0.2, 0.25) is 0 Å². The van der Waals surface area contributed by atoms with Crippen molar-refractivity contribution >= 4 is 18.0 Å². The van der Waals surface area contributed by atoms with Gasteiger partial charge < -0.3 is 4.90 Å². The first-order chi connectivity index (χ1) is 11.8. The molecule has 2 aromatic rings. The Bertz CT molecular complexity index is 737. The van der Waals surface area contributed by atoms with Gasteiger partial charge in [-0.3, -0.25) is 4.31 Å². The number of nitrogens with one attached hydrogen (secondary N) is 1. The van der Waals surface area contributed by atoms with Gasteiger partial charge in [-0.05, 0) is 12.8 Å². The SMILES string of the molecule is N#CN1CCC(NSN2CCCn3nc(-c4ccccc4)cc32)C1. The number of aryl methyl sites for hydroxylation is 1. The minimum Gasteiger partial charge on any atom is -0.309 e. The lowest BCUT2D eigenvalue weighted by Crippen LogP contribution is -2.34. The van der Waals surface area contributed by atoms with Crippen molar-refractivity contribution in [3.8, 4) is 17.5 Å². The summed E-state index contributed by atoms with van der Waals surface area (Å²) < 4.78 is 7.88. The molecule has 1 saturated heterocycles. The van der Waals surface area contributed by atoms with E-state index in [1.54, 1.807) is 12.1 Å². The van der Waals surface area contributed by atoms with E-state index in [9.17, 15) is 0 Å². The molecule has 0 spiro atoms. The number of fused-ring (bicyclic) bond motifs is 1. The first-order valence-electron chi connectivity index (χ1n) is 8.31.